The number of carbonyl (C=O) groups excluding carboxylic acids is 2. The zero-order valence-electron chi connectivity index (χ0n) is 12.8. The summed E-state index contributed by atoms with van der Waals surface area (Å²) in [5.41, 5.74) is 0.481. The molecule has 0 unspecified atom stereocenters. The van der Waals surface area contributed by atoms with Gasteiger partial charge < -0.3 is 10.1 Å². The second-order valence-electron chi connectivity index (χ2n) is 5.02. The van der Waals surface area contributed by atoms with E-state index in [1.165, 1.54) is 17.1 Å². The van der Waals surface area contributed by atoms with E-state index in [1.54, 1.807) is 18.2 Å². The molecule has 0 saturated carbocycles. The van der Waals surface area contributed by atoms with Gasteiger partial charge in [0.25, 0.3) is 0 Å². The smallest absolute Gasteiger partial charge is 0.340 e. The average molecular weight is 326 g/mol. The van der Waals surface area contributed by atoms with Crippen molar-refractivity contribution in [1.82, 2.24) is 10.0 Å². The van der Waals surface area contributed by atoms with Crippen LogP contribution in [-0.2, 0) is 4.79 Å². The summed E-state index contributed by atoms with van der Waals surface area (Å²) in [5.74, 6) is 0.483. The molecule has 2 rings (SSSR count). The van der Waals surface area contributed by atoms with Gasteiger partial charge in [0.15, 0.2) is 0 Å². The Balaban J connectivity index is 2.11. The Morgan fingerprint density at radius 2 is 2.05 bits per heavy atom. The van der Waals surface area contributed by atoms with E-state index in [9.17, 15) is 9.59 Å². The van der Waals surface area contributed by atoms with E-state index in [4.69, 9.17) is 16.3 Å². The average Bonchev–Trinajstić information content (AvgIpc) is 2.97. The van der Waals surface area contributed by atoms with Crippen molar-refractivity contribution in [2.24, 2.45) is 0 Å². The number of carbonyl (C=O) groups is 2. The number of hydrazine groups is 1. The molecule has 0 aliphatic carbocycles. The van der Waals surface area contributed by atoms with Gasteiger partial charge in [-0.1, -0.05) is 18.5 Å². The lowest BCUT2D eigenvalue weighted by molar-refractivity contribution is -0.139. The van der Waals surface area contributed by atoms with Crippen molar-refractivity contribution in [2.75, 3.05) is 25.5 Å². The first-order valence-electron chi connectivity index (χ1n) is 7.29. The minimum absolute atomic E-state index is 0.0341. The van der Waals surface area contributed by atoms with Gasteiger partial charge in [-0.05, 0) is 31.0 Å². The molecule has 1 heterocycles. The van der Waals surface area contributed by atoms with Crippen LogP contribution >= 0.6 is 11.6 Å². The maximum absolute atomic E-state index is 12.4. The minimum atomic E-state index is -0.359. The summed E-state index contributed by atoms with van der Waals surface area (Å²) in [7, 11) is 1.52. The highest BCUT2D eigenvalue weighted by molar-refractivity contribution is 6.31. The highest BCUT2D eigenvalue weighted by atomic mass is 35.5. The number of nitrogens with zero attached hydrogens (tertiary/aromatic N) is 2. The molecule has 3 amide bonds. The van der Waals surface area contributed by atoms with Crippen molar-refractivity contribution in [3.05, 3.63) is 23.2 Å². The molecule has 1 N–H and O–H groups in total. The molecule has 0 aromatic heterocycles. The summed E-state index contributed by atoms with van der Waals surface area (Å²) in [6.07, 6.45) is 1.97. The molecule has 1 aromatic rings. The van der Waals surface area contributed by atoms with Crippen LogP contribution in [0.5, 0.6) is 5.75 Å². The van der Waals surface area contributed by atoms with Gasteiger partial charge in [-0.15, -0.1) is 0 Å². The lowest BCUT2D eigenvalue weighted by atomic mass is 10.3. The van der Waals surface area contributed by atoms with Crippen LogP contribution in [0.1, 0.15) is 26.2 Å². The van der Waals surface area contributed by atoms with Crippen LogP contribution in [0.15, 0.2) is 18.2 Å². The Labute approximate surface area is 134 Å². The van der Waals surface area contributed by atoms with Crippen molar-refractivity contribution in [2.45, 2.75) is 26.2 Å². The van der Waals surface area contributed by atoms with Crippen molar-refractivity contribution >= 4 is 29.2 Å². The first-order valence-corrected chi connectivity index (χ1v) is 7.67. The SMILES string of the molecule is CCCC(=O)N1CCCN1C(=O)Nc1cc(Cl)ccc1OC. The van der Waals surface area contributed by atoms with E-state index in [1.807, 2.05) is 6.92 Å². The third-order valence-corrected chi connectivity index (χ3v) is 3.66. The Hall–Kier alpha value is -1.95. The van der Waals surface area contributed by atoms with Gasteiger partial charge in [-0.3, -0.25) is 9.80 Å². The molecule has 0 radical (unpaired) electrons. The number of amides is 3. The Kier molecular flexibility index (Phi) is 5.49. The standard InChI is InChI=1S/C15H20ClN3O3/c1-3-5-14(20)18-8-4-9-19(18)15(21)17-12-10-11(16)6-7-13(12)22-2/h6-7,10H,3-5,8-9H2,1-2H3,(H,17,21). The van der Waals surface area contributed by atoms with Crippen LogP contribution in [0, 0.1) is 0 Å². The van der Waals surface area contributed by atoms with Gasteiger partial charge in [0, 0.05) is 24.5 Å². The Morgan fingerprint density at radius 1 is 1.32 bits per heavy atom. The maximum Gasteiger partial charge on any atom is 0.340 e. The summed E-state index contributed by atoms with van der Waals surface area (Å²) >= 11 is 5.95. The molecule has 6 nitrogen and oxygen atoms in total. The fourth-order valence-corrected chi connectivity index (χ4v) is 2.55. The largest absolute Gasteiger partial charge is 0.495 e. The number of hydrogen-bond donors (Lipinski definition) is 1. The molecule has 120 valence electrons. The second-order valence-corrected chi connectivity index (χ2v) is 5.45. The molecule has 0 atom stereocenters. The van der Waals surface area contributed by atoms with Crippen LogP contribution in [0.2, 0.25) is 5.02 Å². The number of rotatable bonds is 4. The third-order valence-electron chi connectivity index (χ3n) is 3.42. The van der Waals surface area contributed by atoms with Crippen molar-refractivity contribution in [3.63, 3.8) is 0 Å². The zero-order valence-corrected chi connectivity index (χ0v) is 13.5. The molecule has 1 aliphatic heterocycles. The zero-order chi connectivity index (χ0) is 16.1. The molecule has 1 saturated heterocycles. The van der Waals surface area contributed by atoms with Crippen LogP contribution < -0.4 is 10.1 Å². The molecule has 1 fully saturated rings. The summed E-state index contributed by atoms with van der Waals surface area (Å²) in [4.78, 5) is 24.5. The quantitative estimate of drug-likeness (QED) is 0.925. The summed E-state index contributed by atoms with van der Waals surface area (Å²) in [5, 5.41) is 6.20. The Bertz CT molecular complexity index is 565. The normalized spacial score (nSPS) is 14.1. The van der Waals surface area contributed by atoms with Gasteiger partial charge >= 0.3 is 6.03 Å². The topological polar surface area (TPSA) is 61.9 Å². The number of ether oxygens (including phenoxy) is 1. The molecular formula is C15H20ClN3O3. The van der Waals surface area contributed by atoms with Crippen LogP contribution in [0.3, 0.4) is 0 Å². The lowest BCUT2D eigenvalue weighted by Crippen LogP contribution is -2.46. The molecule has 1 aliphatic rings. The molecule has 22 heavy (non-hydrogen) atoms. The number of nitrogens with one attached hydrogen (secondary N) is 1. The molecular weight excluding hydrogens is 306 g/mol. The maximum atomic E-state index is 12.4. The van der Waals surface area contributed by atoms with Gasteiger partial charge in [-0.25, -0.2) is 9.80 Å². The highest BCUT2D eigenvalue weighted by Gasteiger charge is 2.30. The Morgan fingerprint density at radius 3 is 2.73 bits per heavy atom. The molecule has 0 bridgehead atoms. The molecule has 7 heteroatoms. The summed E-state index contributed by atoms with van der Waals surface area (Å²) in [6, 6.07) is 4.62. The third kappa shape index (κ3) is 3.62. The summed E-state index contributed by atoms with van der Waals surface area (Å²) in [6.45, 7) is 3.03. The van der Waals surface area contributed by atoms with Gasteiger partial charge in [-0.2, -0.15) is 0 Å². The van der Waals surface area contributed by atoms with E-state index >= 15 is 0 Å². The predicted molar refractivity (Wildman–Crippen MR) is 85.0 cm³/mol. The van der Waals surface area contributed by atoms with E-state index in [2.05, 4.69) is 5.32 Å². The van der Waals surface area contributed by atoms with Gasteiger partial charge in [0.2, 0.25) is 5.91 Å². The fourth-order valence-electron chi connectivity index (χ4n) is 2.38. The van der Waals surface area contributed by atoms with E-state index in [-0.39, 0.29) is 11.9 Å². The number of hydrogen-bond acceptors (Lipinski definition) is 3. The lowest BCUT2D eigenvalue weighted by Gasteiger charge is -2.28. The summed E-state index contributed by atoms with van der Waals surface area (Å²) < 4.78 is 5.20. The van der Waals surface area contributed by atoms with E-state index in [0.29, 0.717) is 36.0 Å². The second kappa shape index (κ2) is 7.35. The first kappa shape index (κ1) is 16.4. The molecule has 0 spiro atoms. The van der Waals surface area contributed by atoms with Crippen molar-refractivity contribution < 1.29 is 14.3 Å². The van der Waals surface area contributed by atoms with E-state index < -0.39 is 0 Å². The van der Waals surface area contributed by atoms with Gasteiger partial charge in [0.1, 0.15) is 5.75 Å². The number of methoxy groups -OCH3 is 1. The first-order chi connectivity index (χ1) is 10.6. The monoisotopic (exact) mass is 325 g/mol. The van der Waals surface area contributed by atoms with Gasteiger partial charge in [0.05, 0.1) is 12.8 Å². The van der Waals surface area contributed by atoms with Crippen LogP contribution in [0.25, 0.3) is 0 Å². The van der Waals surface area contributed by atoms with Crippen LogP contribution in [-0.4, -0.2) is 42.2 Å². The minimum Gasteiger partial charge on any atom is -0.495 e. The van der Waals surface area contributed by atoms with E-state index in [0.717, 1.165) is 12.8 Å². The van der Waals surface area contributed by atoms with Crippen LogP contribution in [0.4, 0.5) is 10.5 Å². The number of urea groups is 1. The highest BCUT2D eigenvalue weighted by Crippen LogP contribution is 2.28. The number of benzene rings is 1. The van der Waals surface area contributed by atoms with Crippen molar-refractivity contribution in [1.29, 1.82) is 0 Å². The number of halogens is 1. The number of anilines is 1. The molecule has 1 aromatic carbocycles. The predicted octanol–water partition coefficient (Wildman–Crippen LogP) is 3.13. The van der Waals surface area contributed by atoms with Crippen molar-refractivity contribution in [3.8, 4) is 5.75 Å². The fraction of sp³-hybridized carbons (Fsp3) is 0.467.